The maximum atomic E-state index is 10.2. The summed E-state index contributed by atoms with van der Waals surface area (Å²) in [7, 11) is 0. The van der Waals surface area contributed by atoms with Crippen LogP contribution in [0.1, 0.15) is 0 Å². The fourth-order valence-corrected chi connectivity index (χ4v) is 0.523. The average Bonchev–Trinajstić information content (AvgIpc) is 1.90. The molecule has 0 atom stereocenters. The highest BCUT2D eigenvalue weighted by molar-refractivity contribution is 5.60. The molecule has 1 fully saturated rings. The third-order valence-electron chi connectivity index (χ3n) is 1.04. The minimum absolute atomic E-state index is 0.0669. The van der Waals surface area contributed by atoms with Crippen molar-refractivity contribution in [2.45, 2.75) is 0 Å². The van der Waals surface area contributed by atoms with E-state index in [9.17, 15) is 4.79 Å². The second-order valence-electron chi connectivity index (χ2n) is 1.74. The van der Waals surface area contributed by atoms with E-state index in [1.165, 1.54) is 0 Å². The predicted octanol–water partition coefficient (Wildman–Crippen LogP) is 0.403. The molecule has 0 N–H and O–H groups in total. The average molecular weight is 126 g/mol. The lowest BCUT2D eigenvalue weighted by atomic mass is 10.2. The lowest BCUT2D eigenvalue weighted by Gasteiger charge is -2.16. The van der Waals surface area contributed by atoms with Crippen molar-refractivity contribution in [1.29, 1.82) is 0 Å². The molecule has 0 spiro atoms. The highest BCUT2D eigenvalue weighted by Crippen LogP contribution is 2.04. The Labute approximate surface area is 52.9 Å². The molecule has 0 saturated carbocycles. The molecule has 1 heterocycles. The van der Waals surface area contributed by atoms with E-state index < -0.39 is 6.16 Å². The van der Waals surface area contributed by atoms with Gasteiger partial charge >= 0.3 is 6.16 Å². The van der Waals surface area contributed by atoms with Crippen LogP contribution in [0.3, 0.4) is 0 Å². The monoisotopic (exact) mass is 126 g/mol. The zero-order valence-electron chi connectivity index (χ0n) is 4.79. The van der Waals surface area contributed by atoms with Gasteiger partial charge in [-0.3, -0.25) is 0 Å². The second-order valence-corrected chi connectivity index (χ2v) is 1.74. The van der Waals surface area contributed by atoms with Crippen LogP contribution in [0, 0.1) is 18.3 Å². The molecular formula is C6H6O3. The smallest absolute Gasteiger partial charge is 0.433 e. The minimum atomic E-state index is -0.624. The summed E-state index contributed by atoms with van der Waals surface area (Å²) in [6.07, 6.45) is 4.40. The van der Waals surface area contributed by atoms with Crippen molar-refractivity contribution in [2.24, 2.45) is 5.92 Å². The predicted molar refractivity (Wildman–Crippen MR) is 29.6 cm³/mol. The normalized spacial score (nSPS) is 19.7. The van der Waals surface area contributed by atoms with Crippen molar-refractivity contribution in [1.82, 2.24) is 0 Å². The van der Waals surface area contributed by atoms with Gasteiger partial charge in [-0.25, -0.2) is 4.79 Å². The molecule has 1 aliphatic heterocycles. The molecule has 0 amide bonds. The van der Waals surface area contributed by atoms with Crippen LogP contribution in [0.25, 0.3) is 0 Å². The summed E-state index contributed by atoms with van der Waals surface area (Å²) in [4.78, 5) is 10.2. The molecule has 1 rings (SSSR count). The number of carbonyl (C=O) groups excluding carboxylic acids is 1. The second kappa shape index (κ2) is 2.40. The van der Waals surface area contributed by atoms with Gasteiger partial charge in [0.05, 0.1) is 5.92 Å². The van der Waals surface area contributed by atoms with Crippen molar-refractivity contribution >= 4 is 6.16 Å². The van der Waals surface area contributed by atoms with Gasteiger partial charge in [0.1, 0.15) is 13.2 Å². The Morgan fingerprint density at radius 1 is 1.56 bits per heavy atom. The van der Waals surface area contributed by atoms with E-state index in [0.717, 1.165) is 0 Å². The van der Waals surface area contributed by atoms with Gasteiger partial charge in [0.2, 0.25) is 0 Å². The summed E-state index contributed by atoms with van der Waals surface area (Å²) in [5.41, 5.74) is 0. The van der Waals surface area contributed by atoms with E-state index in [1.54, 1.807) is 0 Å². The first-order valence-electron chi connectivity index (χ1n) is 2.58. The number of hydrogen-bond acceptors (Lipinski definition) is 3. The first-order valence-corrected chi connectivity index (χ1v) is 2.58. The Morgan fingerprint density at radius 2 is 2.11 bits per heavy atom. The minimum Gasteiger partial charge on any atom is -0.433 e. The van der Waals surface area contributed by atoms with Crippen molar-refractivity contribution in [3.63, 3.8) is 0 Å². The van der Waals surface area contributed by atoms with Crippen molar-refractivity contribution in [3.8, 4) is 12.3 Å². The molecule has 0 radical (unpaired) electrons. The number of cyclic esters (lactones) is 2. The molecule has 0 aromatic carbocycles. The van der Waals surface area contributed by atoms with Gasteiger partial charge in [0.15, 0.2) is 0 Å². The van der Waals surface area contributed by atoms with Gasteiger partial charge in [-0.1, -0.05) is 5.92 Å². The molecule has 0 aromatic rings. The number of terminal acetylenes is 1. The third kappa shape index (κ3) is 1.36. The summed E-state index contributed by atoms with van der Waals surface area (Å²) >= 11 is 0. The largest absolute Gasteiger partial charge is 0.508 e. The molecule has 9 heavy (non-hydrogen) atoms. The Kier molecular flexibility index (Phi) is 1.59. The number of carbonyl (C=O) groups is 1. The van der Waals surface area contributed by atoms with Gasteiger partial charge in [-0.05, 0) is 0 Å². The number of rotatable bonds is 0. The van der Waals surface area contributed by atoms with Crippen LogP contribution in [0.5, 0.6) is 0 Å². The van der Waals surface area contributed by atoms with Gasteiger partial charge < -0.3 is 9.47 Å². The van der Waals surface area contributed by atoms with Crippen molar-refractivity contribution in [2.75, 3.05) is 13.2 Å². The van der Waals surface area contributed by atoms with Crippen LogP contribution >= 0.6 is 0 Å². The molecule has 1 aliphatic rings. The summed E-state index contributed by atoms with van der Waals surface area (Å²) in [5, 5.41) is 0. The molecule has 0 aromatic heterocycles. The fraction of sp³-hybridized carbons (Fsp3) is 0.500. The van der Waals surface area contributed by atoms with E-state index in [-0.39, 0.29) is 19.1 Å². The number of hydrogen-bond donors (Lipinski definition) is 0. The molecular weight excluding hydrogens is 120 g/mol. The molecule has 0 bridgehead atoms. The Morgan fingerprint density at radius 3 is 2.56 bits per heavy atom. The summed E-state index contributed by atoms with van der Waals surface area (Å²) < 4.78 is 8.96. The van der Waals surface area contributed by atoms with Crippen LogP contribution < -0.4 is 0 Å². The Balaban J connectivity index is 2.37. The van der Waals surface area contributed by atoms with E-state index in [1.807, 2.05) is 0 Å². The lowest BCUT2D eigenvalue weighted by Crippen LogP contribution is -2.26. The number of ether oxygens (including phenoxy) is 2. The van der Waals surface area contributed by atoms with Crippen molar-refractivity contribution < 1.29 is 14.3 Å². The first-order chi connectivity index (χ1) is 4.33. The highest BCUT2D eigenvalue weighted by Gasteiger charge is 2.17. The van der Waals surface area contributed by atoms with Gasteiger partial charge in [-0.2, -0.15) is 0 Å². The first kappa shape index (κ1) is 5.96. The molecule has 0 aliphatic carbocycles. The Bertz CT molecular complexity index is 146. The van der Waals surface area contributed by atoms with Gasteiger partial charge in [0.25, 0.3) is 0 Å². The molecule has 3 nitrogen and oxygen atoms in total. The van der Waals surface area contributed by atoms with Crippen LogP contribution in [0.4, 0.5) is 4.79 Å². The van der Waals surface area contributed by atoms with Crippen molar-refractivity contribution in [3.05, 3.63) is 0 Å². The SMILES string of the molecule is C#CC1COC(=O)OC1. The Hall–Kier alpha value is -1.17. The van der Waals surface area contributed by atoms with Crippen LogP contribution in [-0.2, 0) is 9.47 Å². The molecule has 1 saturated heterocycles. The van der Waals surface area contributed by atoms with E-state index in [0.29, 0.717) is 0 Å². The fourth-order valence-electron chi connectivity index (χ4n) is 0.523. The summed E-state index contributed by atoms with van der Waals surface area (Å²) in [6.45, 7) is 0.574. The lowest BCUT2D eigenvalue weighted by molar-refractivity contribution is 0.00210. The quantitative estimate of drug-likeness (QED) is 0.348. The third-order valence-corrected chi connectivity index (χ3v) is 1.04. The summed E-state index contributed by atoms with van der Waals surface area (Å²) in [6, 6.07) is 0. The van der Waals surface area contributed by atoms with E-state index >= 15 is 0 Å². The molecule has 48 valence electrons. The van der Waals surface area contributed by atoms with Crippen LogP contribution in [0.15, 0.2) is 0 Å². The standard InChI is InChI=1S/C6H6O3/c1-2-5-3-8-6(7)9-4-5/h1,5H,3-4H2. The highest BCUT2D eigenvalue weighted by atomic mass is 16.7. The topological polar surface area (TPSA) is 35.5 Å². The molecule has 0 unspecified atom stereocenters. The van der Waals surface area contributed by atoms with Gasteiger partial charge in [0, 0.05) is 0 Å². The maximum Gasteiger partial charge on any atom is 0.508 e. The van der Waals surface area contributed by atoms with Gasteiger partial charge in [-0.15, -0.1) is 6.42 Å². The zero-order valence-corrected chi connectivity index (χ0v) is 4.79. The van der Waals surface area contributed by atoms with Crippen LogP contribution in [-0.4, -0.2) is 19.4 Å². The van der Waals surface area contributed by atoms with E-state index in [4.69, 9.17) is 6.42 Å². The maximum absolute atomic E-state index is 10.2. The van der Waals surface area contributed by atoms with Crippen LogP contribution in [0.2, 0.25) is 0 Å². The zero-order chi connectivity index (χ0) is 6.69. The molecule has 3 heteroatoms. The van der Waals surface area contributed by atoms with E-state index in [2.05, 4.69) is 15.4 Å². The summed E-state index contributed by atoms with van der Waals surface area (Å²) in [5.74, 6) is 2.36.